The molecule has 2 N–H and O–H groups in total. The van der Waals surface area contributed by atoms with E-state index in [0.29, 0.717) is 0 Å². The van der Waals surface area contributed by atoms with Gasteiger partial charge in [-0.3, -0.25) is 4.79 Å². The lowest BCUT2D eigenvalue weighted by Crippen LogP contribution is -2.41. The number of rotatable bonds is 5. The minimum atomic E-state index is -1.07. The van der Waals surface area contributed by atoms with Crippen LogP contribution in [-0.4, -0.2) is 32.3 Å². The van der Waals surface area contributed by atoms with Gasteiger partial charge in [0.25, 0.3) is 0 Å². The summed E-state index contributed by atoms with van der Waals surface area (Å²) in [5.41, 5.74) is -0.274. The van der Waals surface area contributed by atoms with Crippen molar-refractivity contribution in [3.05, 3.63) is 35.0 Å². The summed E-state index contributed by atoms with van der Waals surface area (Å²) in [7, 11) is 0. The van der Waals surface area contributed by atoms with E-state index < -0.39 is 11.6 Å². The van der Waals surface area contributed by atoms with Gasteiger partial charge in [0.1, 0.15) is 24.3 Å². The maximum absolute atomic E-state index is 11.9. The molecule has 0 radical (unpaired) electrons. The SMILES string of the molecule is CC(C(=O)NCC(C)(O)c1ccsc1)n1cncn1. The van der Waals surface area contributed by atoms with Crippen molar-refractivity contribution in [2.24, 2.45) is 0 Å². The minimum absolute atomic E-state index is 0.154. The molecule has 0 fully saturated rings. The number of aromatic nitrogens is 3. The molecule has 2 aromatic heterocycles. The largest absolute Gasteiger partial charge is 0.384 e. The summed E-state index contributed by atoms with van der Waals surface area (Å²) in [5.74, 6) is -0.207. The van der Waals surface area contributed by atoms with Crippen molar-refractivity contribution >= 4 is 17.2 Å². The summed E-state index contributed by atoms with van der Waals surface area (Å²) in [6.45, 7) is 3.56. The lowest BCUT2D eigenvalue weighted by Gasteiger charge is -2.23. The Morgan fingerprint density at radius 3 is 3.05 bits per heavy atom. The van der Waals surface area contributed by atoms with E-state index in [1.807, 2.05) is 16.8 Å². The molecule has 2 heterocycles. The zero-order chi connectivity index (χ0) is 13.9. The maximum atomic E-state index is 11.9. The van der Waals surface area contributed by atoms with E-state index in [9.17, 15) is 9.90 Å². The van der Waals surface area contributed by atoms with Crippen molar-refractivity contribution in [3.63, 3.8) is 0 Å². The quantitative estimate of drug-likeness (QED) is 0.853. The summed E-state index contributed by atoms with van der Waals surface area (Å²) in [6.07, 6.45) is 2.87. The fourth-order valence-corrected chi connectivity index (χ4v) is 2.40. The molecule has 0 aromatic carbocycles. The normalized spacial score (nSPS) is 15.7. The van der Waals surface area contributed by atoms with Gasteiger partial charge in [-0.15, -0.1) is 0 Å². The van der Waals surface area contributed by atoms with E-state index in [2.05, 4.69) is 15.4 Å². The second-order valence-corrected chi connectivity index (χ2v) is 5.34. The third-order valence-electron chi connectivity index (χ3n) is 2.96. The van der Waals surface area contributed by atoms with Crippen LogP contribution in [0, 0.1) is 0 Å². The summed E-state index contributed by atoms with van der Waals surface area (Å²) in [6, 6.07) is 1.39. The number of carbonyl (C=O) groups is 1. The Balaban J connectivity index is 1.94. The molecule has 102 valence electrons. The van der Waals surface area contributed by atoms with Crippen molar-refractivity contribution in [3.8, 4) is 0 Å². The zero-order valence-electron chi connectivity index (χ0n) is 10.8. The molecule has 2 atom stereocenters. The molecule has 19 heavy (non-hydrogen) atoms. The standard InChI is InChI=1S/C12H16N4O2S/c1-9(16-8-13-7-15-16)11(17)14-6-12(2,18)10-3-4-19-5-10/h3-5,7-9,18H,6H2,1-2H3,(H,14,17). The van der Waals surface area contributed by atoms with Gasteiger partial charge in [-0.05, 0) is 36.2 Å². The lowest BCUT2D eigenvalue weighted by molar-refractivity contribution is -0.125. The number of amides is 1. The molecule has 0 aliphatic heterocycles. The van der Waals surface area contributed by atoms with E-state index in [1.165, 1.54) is 28.7 Å². The molecule has 2 aromatic rings. The number of carbonyl (C=O) groups excluding carboxylic acids is 1. The van der Waals surface area contributed by atoms with Crippen LogP contribution in [0.15, 0.2) is 29.5 Å². The van der Waals surface area contributed by atoms with Crippen LogP contribution in [0.1, 0.15) is 25.5 Å². The highest BCUT2D eigenvalue weighted by Gasteiger charge is 2.25. The van der Waals surface area contributed by atoms with Crippen LogP contribution in [0.3, 0.4) is 0 Å². The van der Waals surface area contributed by atoms with Gasteiger partial charge in [0.15, 0.2) is 0 Å². The molecule has 0 aliphatic rings. The third kappa shape index (κ3) is 3.18. The molecule has 6 nitrogen and oxygen atoms in total. The number of aliphatic hydroxyl groups is 1. The minimum Gasteiger partial charge on any atom is -0.384 e. The van der Waals surface area contributed by atoms with Gasteiger partial charge in [-0.25, -0.2) is 9.67 Å². The van der Waals surface area contributed by atoms with Crippen molar-refractivity contribution in [2.45, 2.75) is 25.5 Å². The Morgan fingerprint density at radius 1 is 1.68 bits per heavy atom. The van der Waals surface area contributed by atoms with E-state index >= 15 is 0 Å². The van der Waals surface area contributed by atoms with Crippen LogP contribution >= 0.6 is 11.3 Å². The van der Waals surface area contributed by atoms with Gasteiger partial charge in [-0.1, -0.05) is 0 Å². The highest BCUT2D eigenvalue weighted by Crippen LogP contribution is 2.22. The van der Waals surface area contributed by atoms with Crippen LogP contribution in [0.2, 0.25) is 0 Å². The maximum Gasteiger partial charge on any atom is 0.244 e. The highest BCUT2D eigenvalue weighted by molar-refractivity contribution is 7.08. The first kappa shape index (κ1) is 13.7. The van der Waals surface area contributed by atoms with Gasteiger partial charge < -0.3 is 10.4 Å². The summed E-state index contributed by atoms with van der Waals surface area (Å²) in [5, 5.41) is 20.7. The fourth-order valence-electron chi connectivity index (χ4n) is 1.62. The van der Waals surface area contributed by atoms with Gasteiger partial charge >= 0.3 is 0 Å². The third-order valence-corrected chi connectivity index (χ3v) is 3.65. The van der Waals surface area contributed by atoms with Gasteiger partial charge in [-0.2, -0.15) is 16.4 Å². The summed E-state index contributed by atoms with van der Waals surface area (Å²) >= 11 is 1.51. The predicted molar refractivity (Wildman–Crippen MR) is 71.6 cm³/mol. The van der Waals surface area contributed by atoms with Crippen LogP contribution in [0.25, 0.3) is 0 Å². The Morgan fingerprint density at radius 2 is 2.47 bits per heavy atom. The van der Waals surface area contributed by atoms with Crippen molar-refractivity contribution in [2.75, 3.05) is 6.54 Å². The molecule has 0 spiro atoms. The molecule has 1 amide bonds. The smallest absolute Gasteiger partial charge is 0.244 e. The number of hydrogen-bond acceptors (Lipinski definition) is 5. The van der Waals surface area contributed by atoms with Crippen LogP contribution in [0.5, 0.6) is 0 Å². The van der Waals surface area contributed by atoms with E-state index in [-0.39, 0.29) is 12.5 Å². The molecule has 0 aliphatic carbocycles. The first-order valence-corrected chi connectivity index (χ1v) is 6.82. The average molecular weight is 280 g/mol. The molecular formula is C12H16N4O2S. The number of nitrogens with one attached hydrogen (secondary N) is 1. The molecule has 7 heteroatoms. The van der Waals surface area contributed by atoms with Gasteiger partial charge in [0.2, 0.25) is 5.91 Å². The first-order valence-electron chi connectivity index (χ1n) is 5.87. The van der Waals surface area contributed by atoms with Gasteiger partial charge in [0.05, 0.1) is 6.54 Å². The first-order chi connectivity index (χ1) is 9.00. The summed E-state index contributed by atoms with van der Waals surface area (Å²) in [4.78, 5) is 15.7. The van der Waals surface area contributed by atoms with Crippen LogP contribution in [0.4, 0.5) is 0 Å². The van der Waals surface area contributed by atoms with Crippen molar-refractivity contribution < 1.29 is 9.90 Å². The predicted octanol–water partition coefficient (Wildman–Crippen LogP) is 0.925. The molecule has 0 bridgehead atoms. The van der Waals surface area contributed by atoms with E-state index in [1.54, 1.807) is 13.8 Å². The zero-order valence-corrected chi connectivity index (χ0v) is 11.6. The number of hydrogen-bond donors (Lipinski definition) is 2. The van der Waals surface area contributed by atoms with Crippen LogP contribution < -0.4 is 5.32 Å². The topological polar surface area (TPSA) is 80.0 Å². The fraction of sp³-hybridized carbons (Fsp3) is 0.417. The summed E-state index contributed by atoms with van der Waals surface area (Å²) < 4.78 is 1.47. The Kier molecular flexibility index (Phi) is 3.96. The second-order valence-electron chi connectivity index (χ2n) is 4.56. The molecular weight excluding hydrogens is 264 g/mol. The molecule has 0 saturated heterocycles. The molecule has 2 rings (SSSR count). The lowest BCUT2D eigenvalue weighted by atomic mass is 9.99. The second kappa shape index (κ2) is 5.50. The highest BCUT2D eigenvalue weighted by atomic mass is 32.1. The monoisotopic (exact) mass is 280 g/mol. The molecule has 2 unspecified atom stereocenters. The Labute approximate surface area is 115 Å². The Hall–Kier alpha value is -1.73. The van der Waals surface area contributed by atoms with Gasteiger partial charge in [0, 0.05) is 0 Å². The van der Waals surface area contributed by atoms with Crippen molar-refractivity contribution in [1.82, 2.24) is 20.1 Å². The van der Waals surface area contributed by atoms with Crippen LogP contribution in [-0.2, 0) is 10.4 Å². The Bertz CT molecular complexity index is 522. The number of nitrogens with zero attached hydrogens (tertiary/aromatic N) is 3. The van der Waals surface area contributed by atoms with E-state index in [4.69, 9.17) is 0 Å². The van der Waals surface area contributed by atoms with Crippen molar-refractivity contribution in [1.29, 1.82) is 0 Å². The van der Waals surface area contributed by atoms with E-state index in [0.717, 1.165) is 5.56 Å². The average Bonchev–Trinajstić information content (AvgIpc) is 3.06. The molecule has 0 saturated carbocycles. The number of thiophene rings is 1.